The maximum atomic E-state index is 5.65. The molecule has 15 heavy (non-hydrogen) atoms. The first-order valence-electron chi connectivity index (χ1n) is 5.76. The second-order valence-corrected chi connectivity index (χ2v) is 4.26. The summed E-state index contributed by atoms with van der Waals surface area (Å²) < 4.78 is 10.7. The van der Waals surface area contributed by atoms with Crippen LogP contribution in [-0.4, -0.2) is 25.9 Å². The summed E-state index contributed by atoms with van der Waals surface area (Å²) in [4.78, 5) is 0. The lowest BCUT2D eigenvalue weighted by Gasteiger charge is -2.32. The topological polar surface area (TPSA) is 56.5 Å². The molecule has 2 aliphatic rings. The van der Waals surface area contributed by atoms with Crippen LogP contribution in [0.3, 0.4) is 0 Å². The zero-order chi connectivity index (χ0) is 10.5. The van der Waals surface area contributed by atoms with E-state index in [0.29, 0.717) is 5.92 Å². The maximum absolute atomic E-state index is 5.65. The van der Waals surface area contributed by atoms with E-state index in [0.717, 1.165) is 45.5 Å². The molecule has 0 spiro atoms. The van der Waals surface area contributed by atoms with Crippen molar-refractivity contribution in [3.05, 3.63) is 11.8 Å². The van der Waals surface area contributed by atoms with Crippen molar-refractivity contribution in [1.82, 2.24) is 5.43 Å². The number of ether oxygens (including phenoxy) is 2. The summed E-state index contributed by atoms with van der Waals surface area (Å²) in [5.74, 6) is 6.24. The SMILES string of the molecule is NNC(C1=COCCC1)C1CCOCC1. The molecule has 1 atom stereocenters. The van der Waals surface area contributed by atoms with Gasteiger partial charge in [0.25, 0.3) is 0 Å². The van der Waals surface area contributed by atoms with Crippen LogP contribution in [0.4, 0.5) is 0 Å². The molecule has 1 fully saturated rings. The van der Waals surface area contributed by atoms with E-state index in [2.05, 4.69) is 5.43 Å². The van der Waals surface area contributed by atoms with Gasteiger partial charge in [0.05, 0.1) is 12.9 Å². The van der Waals surface area contributed by atoms with E-state index in [9.17, 15) is 0 Å². The number of nitrogens with one attached hydrogen (secondary N) is 1. The van der Waals surface area contributed by atoms with Gasteiger partial charge < -0.3 is 9.47 Å². The summed E-state index contributed by atoms with van der Waals surface area (Å²) in [6.07, 6.45) is 6.28. The van der Waals surface area contributed by atoms with E-state index in [-0.39, 0.29) is 6.04 Å². The minimum absolute atomic E-state index is 0.272. The van der Waals surface area contributed by atoms with Crippen LogP contribution in [0.25, 0.3) is 0 Å². The molecule has 0 bridgehead atoms. The van der Waals surface area contributed by atoms with Gasteiger partial charge in [-0.05, 0) is 37.2 Å². The fourth-order valence-electron chi connectivity index (χ4n) is 2.41. The van der Waals surface area contributed by atoms with Crippen molar-refractivity contribution in [2.75, 3.05) is 19.8 Å². The van der Waals surface area contributed by atoms with Gasteiger partial charge in [-0.1, -0.05) is 0 Å². The Bertz CT molecular complexity index is 225. The molecule has 0 saturated carbocycles. The number of hydrogen-bond acceptors (Lipinski definition) is 4. The number of hydrazine groups is 1. The first-order valence-corrected chi connectivity index (χ1v) is 5.76. The molecule has 0 amide bonds. The van der Waals surface area contributed by atoms with E-state index in [1.165, 1.54) is 5.57 Å². The average Bonchev–Trinajstić information content (AvgIpc) is 2.33. The van der Waals surface area contributed by atoms with Crippen LogP contribution in [0.1, 0.15) is 25.7 Å². The van der Waals surface area contributed by atoms with Crippen molar-refractivity contribution in [2.24, 2.45) is 11.8 Å². The summed E-state index contributed by atoms with van der Waals surface area (Å²) in [5.41, 5.74) is 4.25. The van der Waals surface area contributed by atoms with Gasteiger partial charge >= 0.3 is 0 Å². The summed E-state index contributed by atoms with van der Waals surface area (Å²) >= 11 is 0. The quantitative estimate of drug-likeness (QED) is 0.540. The van der Waals surface area contributed by atoms with Crippen molar-refractivity contribution < 1.29 is 9.47 Å². The molecule has 0 aromatic heterocycles. The Morgan fingerprint density at radius 3 is 2.73 bits per heavy atom. The van der Waals surface area contributed by atoms with Gasteiger partial charge in [-0.2, -0.15) is 0 Å². The number of hydrogen-bond donors (Lipinski definition) is 2. The summed E-state index contributed by atoms with van der Waals surface area (Å²) in [6.45, 7) is 2.56. The van der Waals surface area contributed by atoms with Crippen molar-refractivity contribution >= 4 is 0 Å². The normalized spacial score (nSPS) is 25.5. The van der Waals surface area contributed by atoms with Crippen LogP contribution >= 0.6 is 0 Å². The maximum Gasteiger partial charge on any atom is 0.0876 e. The van der Waals surface area contributed by atoms with Crippen LogP contribution in [-0.2, 0) is 9.47 Å². The number of nitrogens with two attached hydrogens (primary N) is 1. The molecule has 1 saturated heterocycles. The van der Waals surface area contributed by atoms with Gasteiger partial charge in [-0.3, -0.25) is 11.3 Å². The van der Waals surface area contributed by atoms with Gasteiger partial charge in [0.2, 0.25) is 0 Å². The van der Waals surface area contributed by atoms with Gasteiger partial charge in [0.15, 0.2) is 0 Å². The predicted molar refractivity (Wildman–Crippen MR) is 57.9 cm³/mol. The lowest BCUT2D eigenvalue weighted by Crippen LogP contribution is -2.44. The Morgan fingerprint density at radius 2 is 2.13 bits per heavy atom. The summed E-state index contributed by atoms with van der Waals surface area (Å²) in [7, 11) is 0. The van der Waals surface area contributed by atoms with Crippen molar-refractivity contribution in [2.45, 2.75) is 31.7 Å². The predicted octanol–water partition coefficient (Wildman–Crippen LogP) is 0.939. The fraction of sp³-hybridized carbons (Fsp3) is 0.818. The highest BCUT2D eigenvalue weighted by Crippen LogP contribution is 2.26. The van der Waals surface area contributed by atoms with Gasteiger partial charge in [0, 0.05) is 19.3 Å². The first-order chi connectivity index (χ1) is 7.42. The average molecular weight is 212 g/mol. The van der Waals surface area contributed by atoms with Crippen LogP contribution < -0.4 is 11.3 Å². The molecule has 2 rings (SSSR count). The van der Waals surface area contributed by atoms with Crippen LogP contribution in [0, 0.1) is 5.92 Å². The number of rotatable bonds is 3. The lowest BCUT2D eigenvalue weighted by atomic mass is 9.86. The van der Waals surface area contributed by atoms with E-state index in [4.69, 9.17) is 15.3 Å². The first kappa shape index (κ1) is 10.9. The van der Waals surface area contributed by atoms with Crippen LogP contribution in [0.2, 0.25) is 0 Å². The van der Waals surface area contributed by atoms with Gasteiger partial charge in [0.1, 0.15) is 0 Å². The van der Waals surface area contributed by atoms with E-state index in [1.54, 1.807) is 0 Å². The van der Waals surface area contributed by atoms with Crippen molar-refractivity contribution in [3.63, 3.8) is 0 Å². The third-order valence-corrected chi connectivity index (χ3v) is 3.28. The largest absolute Gasteiger partial charge is 0.501 e. The molecule has 2 aliphatic heterocycles. The zero-order valence-electron chi connectivity index (χ0n) is 9.08. The second-order valence-electron chi connectivity index (χ2n) is 4.26. The molecular formula is C11H20N2O2. The molecule has 4 heteroatoms. The molecular weight excluding hydrogens is 192 g/mol. The van der Waals surface area contributed by atoms with Gasteiger partial charge in [-0.25, -0.2) is 0 Å². The van der Waals surface area contributed by atoms with Crippen LogP contribution in [0.5, 0.6) is 0 Å². The smallest absolute Gasteiger partial charge is 0.0876 e. The van der Waals surface area contributed by atoms with E-state index in [1.807, 2.05) is 6.26 Å². The van der Waals surface area contributed by atoms with E-state index >= 15 is 0 Å². The summed E-state index contributed by atoms with van der Waals surface area (Å²) in [5, 5.41) is 0. The van der Waals surface area contributed by atoms with Gasteiger partial charge in [-0.15, -0.1) is 0 Å². The Balaban J connectivity index is 1.98. The van der Waals surface area contributed by atoms with Crippen molar-refractivity contribution in [3.8, 4) is 0 Å². The highest BCUT2D eigenvalue weighted by Gasteiger charge is 2.26. The second kappa shape index (κ2) is 5.49. The molecule has 0 radical (unpaired) electrons. The Labute approximate surface area is 90.8 Å². The minimum atomic E-state index is 0.272. The molecule has 3 N–H and O–H groups in total. The molecule has 2 heterocycles. The molecule has 86 valence electrons. The molecule has 1 unspecified atom stereocenters. The third-order valence-electron chi connectivity index (χ3n) is 3.28. The third kappa shape index (κ3) is 2.71. The highest BCUT2D eigenvalue weighted by atomic mass is 16.5. The molecule has 0 aromatic rings. The van der Waals surface area contributed by atoms with Crippen LogP contribution in [0.15, 0.2) is 11.8 Å². The highest BCUT2D eigenvalue weighted by molar-refractivity contribution is 5.11. The fourth-order valence-corrected chi connectivity index (χ4v) is 2.41. The Kier molecular flexibility index (Phi) is 4.00. The lowest BCUT2D eigenvalue weighted by molar-refractivity contribution is 0.0563. The van der Waals surface area contributed by atoms with E-state index < -0.39 is 0 Å². The molecule has 4 nitrogen and oxygen atoms in total. The summed E-state index contributed by atoms with van der Waals surface area (Å²) in [6, 6.07) is 0.272. The molecule has 0 aliphatic carbocycles. The monoisotopic (exact) mass is 212 g/mol. The minimum Gasteiger partial charge on any atom is -0.501 e. The zero-order valence-corrected chi connectivity index (χ0v) is 9.08. The standard InChI is InChI=1S/C11H20N2O2/c12-13-11(9-3-6-14-7-4-9)10-2-1-5-15-8-10/h8-9,11,13H,1-7,12H2. The van der Waals surface area contributed by atoms with Crippen molar-refractivity contribution in [1.29, 1.82) is 0 Å². The Morgan fingerprint density at radius 1 is 1.33 bits per heavy atom. The molecule has 0 aromatic carbocycles. The Hall–Kier alpha value is -0.580.